The third kappa shape index (κ3) is 5.61. The number of hydrogen-bond acceptors (Lipinski definition) is 7. The second-order valence-corrected chi connectivity index (χ2v) is 7.97. The third-order valence-electron chi connectivity index (χ3n) is 4.94. The monoisotopic (exact) mass is 513 g/mol. The van der Waals surface area contributed by atoms with Crippen molar-refractivity contribution >= 4 is 23.5 Å². The molecule has 4 aromatic rings. The maximum atomic E-state index is 14.9. The number of carbonyl (C=O) groups is 2. The SMILES string of the molecule is Cc1ncc(C(=O)NNC(=O)NCc2ccc(-c3cc(Cl)cc(F)c3-c3noc(C)n3)cc2F)cn1. The Labute approximate surface area is 208 Å². The molecule has 2 aromatic carbocycles. The molecule has 0 saturated carbocycles. The molecule has 3 N–H and O–H groups in total. The van der Waals surface area contributed by atoms with E-state index in [2.05, 4.69) is 36.3 Å². The molecule has 10 nitrogen and oxygen atoms in total. The second-order valence-electron chi connectivity index (χ2n) is 7.53. The van der Waals surface area contributed by atoms with Gasteiger partial charge in [0.1, 0.15) is 17.5 Å². The van der Waals surface area contributed by atoms with E-state index in [1.54, 1.807) is 19.9 Å². The number of aryl methyl sites for hydroxylation is 2. The van der Waals surface area contributed by atoms with Crippen molar-refractivity contribution in [3.63, 3.8) is 0 Å². The van der Waals surface area contributed by atoms with Crippen LogP contribution >= 0.6 is 11.6 Å². The van der Waals surface area contributed by atoms with Gasteiger partial charge >= 0.3 is 6.03 Å². The summed E-state index contributed by atoms with van der Waals surface area (Å²) in [7, 11) is 0. The first-order valence-corrected chi connectivity index (χ1v) is 10.8. The molecule has 0 saturated heterocycles. The molecule has 2 heterocycles. The summed E-state index contributed by atoms with van der Waals surface area (Å²) >= 11 is 6.03. The maximum Gasteiger partial charge on any atom is 0.333 e. The van der Waals surface area contributed by atoms with Gasteiger partial charge in [0.15, 0.2) is 0 Å². The number of aromatic nitrogens is 4. The molecule has 0 spiro atoms. The Kier molecular flexibility index (Phi) is 7.15. The Balaban J connectivity index is 1.44. The van der Waals surface area contributed by atoms with Gasteiger partial charge in [0.25, 0.3) is 5.91 Å². The van der Waals surface area contributed by atoms with Gasteiger partial charge in [-0.25, -0.2) is 29.0 Å². The van der Waals surface area contributed by atoms with Gasteiger partial charge < -0.3 is 9.84 Å². The number of carbonyl (C=O) groups excluding carboxylic acids is 2. The largest absolute Gasteiger partial charge is 0.339 e. The smallest absolute Gasteiger partial charge is 0.333 e. The molecule has 0 aliphatic heterocycles. The lowest BCUT2D eigenvalue weighted by Gasteiger charge is -2.12. The van der Waals surface area contributed by atoms with E-state index in [0.717, 1.165) is 6.07 Å². The van der Waals surface area contributed by atoms with Crippen LogP contribution in [0.3, 0.4) is 0 Å². The molecule has 0 aliphatic carbocycles. The highest BCUT2D eigenvalue weighted by molar-refractivity contribution is 6.31. The fourth-order valence-electron chi connectivity index (χ4n) is 3.20. The number of halogens is 3. The fourth-order valence-corrected chi connectivity index (χ4v) is 3.41. The number of nitrogens with zero attached hydrogens (tertiary/aromatic N) is 4. The topological polar surface area (TPSA) is 135 Å². The Hall–Kier alpha value is -4.45. The van der Waals surface area contributed by atoms with E-state index in [0.29, 0.717) is 11.4 Å². The molecule has 36 heavy (non-hydrogen) atoms. The summed E-state index contributed by atoms with van der Waals surface area (Å²) < 4.78 is 34.6. The van der Waals surface area contributed by atoms with Crippen LogP contribution in [-0.4, -0.2) is 32.0 Å². The first-order valence-electron chi connectivity index (χ1n) is 10.4. The number of hydrogen-bond donors (Lipinski definition) is 3. The van der Waals surface area contributed by atoms with Gasteiger partial charge in [0.05, 0.1) is 11.1 Å². The van der Waals surface area contributed by atoms with E-state index < -0.39 is 23.6 Å². The van der Waals surface area contributed by atoms with Crippen LogP contribution in [0.15, 0.2) is 47.2 Å². The van der Waals surface area contributed by atoms with Gasteiger partial charge in [-0.05, 0) is 36.2 Å². The zero-order valence-corrected chi connectivity index (χ0v) is 19.7. The minimum Gasteiger partial charge on any atom is -0.339 e. The molecular formula is C23H18ClF2N7O3. The highest BCUT2D eigenvalue weighted by atomic mass is 35.5. The Morgan fingerprint density at radius 3 is 2.44 bits per heavy atom. The number of urea groups is 1. The predicted molar refractivity (Wildman–Crippen MR) is 124 cm³/mol. The van der Waals surface area contributed by atoms with E-state index in [-0.39, 0.29) is 45.5 Å². The van der Waals surface area contributed by atoms with E-state index in [1.165, 1.54) is 30.6 Å². The van der Waals surface area contributed by atoms with Crippen molar-refractivity contribution in [1.82, 2.24) is 36.3 Å². The van der Waals surface area contributed by atoms with Crippen LogP contribution in [0, 0.1) is 25.5 Å². The summed E-state index contributed by atoms with van der Waals surface area (Å²) in [5, 5.41) is 6.28. The predicted octanol–water partition coefficient (Wildman–Crippen LogP) is 3.89. The summed E-state index contributed by atoms with van der Waals surface area (Å²) in [4.78, 5) is 35.9. The molecule has 0 atom stereocenters. The minimum atomic E-state index is -0.772. The van der Waals surface area contributed by atoms with Crippen molar-refractivity contribution in [2.75, 3.05) is 0 Å². The highest BCUT2D eigenvalue weighted by Crippen LogP contribution is 2.36. The van der Waals surface area contributed by atoms with Gasteiger partial charge in [0.2, 0.25) is 11.7 Å². The first kappa shape index (κ1) is 24.7. The lowest BCUT2D eigenvalue weighted by molar-refractivity contribution is 0.0935. The van der Waals surface area contributed by atoms with Crippen LogP contribution in [0.4, 0.5) is 13.6 Å². The lowest BCUT2D eigenvalue weighted by atomic mass is 9.97. The second kappa shape index (κ2) is 10.4. The van der Waals surface area contributed by atoms with Crippen molar-refractivity contribution in [3.8, 4) is 22.5 Å². The van der Waals surface area contributed by atoms with Crippen LogP contribution in [0.2, 0.25) is 5.02 Å². The third-order valence-corrected chi connectivity index (χ3v) is 5.16. The molecule has 0 fully saturated rings. The molecule has 184 valence electrons. The highest BCUT2D eigenvalue weighted by Gasteiger charge is 2.20. The van der Waals surface area contributed by atoms with Gasteiger partial charge in [-0.15, -0.1) is 0 Å². The van der Waals surface area contributed by atoms with E-state index in [4.69, 9.17) is 16.1 Å². The number of nitrogens with one attached hydrogen (secondary N) is 3. The van der Waals surface area contributed by atoms with E-state index in [9.17, 15) is 18.4 Å². The van der Waals surface area contributed by atoms with Crippen LogP contribution in [-0.2, 0) is 6.54 Å². The van der Waals surface area contributed by atoms with Crippen molar-refractivity contribution < 1.29 is 22.9 Å². The van der Waals surface area contributed by atoms with E-state index >= 15 is 0 Å². The fraction of sp³-hybridized carbons (Fsp3) is 0.130. The quantitative estimate of drug-likeness (QED) is 0.344. The van der Waals surface area contributed by atoms with E-state index in [1.807, 2.05) is 0 Å². The van der Waals surface area contributed by atoms with Crippen molar-refractivity contribution in [1.29, 1.82) is 0 Å². The molecule has 0 aliphatic rings. The number of rotatable bonds is 5. The molecule has 2 aromatic heterocycles. The molecule has 0 bridgehead atoms. The summed E-state index contributed by atoms with van der Waals surface area (Å²) in [6.07, 6.45) is 2.62. The van der Waals surface area contributed by atoms with Crippen LogP contribution < -0.4 is 16.2 Å². The standard InChI is InChI=1S/C23H18ClF2N7O3/c1-11-27-9-15(10-28-11)22(34)31-32-23(35)29-8-14-4-3-13(5-18(14)25)17-6-16(24)7-19(26)20(17)21-30-12(2)36-33-21/h3-7,9-10H,8H2,1-2H3,(H,31,34)(H2,29,32,35). The normalized spacial score (nSPS) is 10.7. The molecule has 0 unspecified atom stereocenters. The number of amides is 3. The summed E-state index contributed by atoms with van der Waals surface area (Å²) in [6, 6.07) is 5.94. The van der Waals surface area contributed by atoms with Crippen LogP contribution in [0.5, 0.6) is 0 Å². The first-order chi connectivity index (χ1) is 17.2. The average molecular weight is 514 g/mol. The molecule has 4 rings (SSSR count). The van der Waals surface area contributed by atoms with Gasteiger partial charge in [-0.3, -0.25) is 10.2 Å². The summed E-state index contributed by atoms with van der Waals surface area (Å²) in [6.45, 7) is 3.03. The van der Waals surface area contributed by atoms with Gasteiger partial charge in [0, 0.05) is 36.4 Å². The van der Waals surface area contributed by atoms with Crippen molar-refractivity contribution in [2.45, 2.75) is 20.4 Å². The molecule has 0 radical (unpaired) electrons. The molecule has 13 heteroatoms. The molecule has 3 amide bonds. The Morgan fingerprint density at radius 2 is 1.78 bits per heavy atom. The molecular weight excluding hydrogens is 496 g/mol. The van der Waals surface area contributed by atoms with Gasteiger partial charge in [-0.1, -0.05) is 28.9 Å². The minimum absolute atomic E-state index is 0.00117. The summed E-state index contributed by atoms with van der Waals surface area (Å²) in [5.41, 5.74) is 5.23. The lowest BCUT2D eigenvalue weighted by Crippen LogP contribution is -2.46. The summed E-state index contributed by atoms with van der Waals surface area (Å²) in [5.74, 6) is -1.25. The van der Waals surface area contributed by atoms with Crippen LogP contribution in [0.25, 0.3) is 22.5 Å². The Morgan fingerprint density at radius 1 is 1.03 bits per heavy atom. The van der Waals surface area contributed by atoms with Crippen LogP contribution in [0.1, 0.15) is 27.6 Å². The maximum absolute atomic E-state index is 14.9. The Bertz CT molecular complexity index is 1440. The zero-order valence-electron chi connectivity index (χ0n) is 18.9. The van der Waals surface area contributed by atoms with Gasteiger partial charge in [-0.2, -0.15) is 4.98 Å². The average Bonchev–Trinajstić information content (AvgIpc) is 3.27. The number of benzene rings is 2. The zero-order chi connectivity index (χ0) is 25.8. The van der Waals surface area contributed by atoms with Crippen molar-refractivity contribution in [3.05, 3.63) is 82.2 Å². The number of hydrazine groups is 1. The van der Waals surface area contributed by atoms with Crippen molar-refractivity contribution in [2.24, 2.45) is 0 Å².